The quantitative estimate of drug-likeness (QED) is 0.393. The molecule has 0 radical (unpaired) electrons. The number of benzene rings is 2. The molecule has 34 heavy (non-hydrogen) atoms. The van der Waals surface area contributed by atoms with Crippen molar-refractivity contribution in [1.29, 1.82) is 0 Å². The van der Waals surface area contributed by atoms with Gasteiger partial charge in [0.05, 0.1) is 17.1 Å². The lowest BCUT2D eigenvalue weighted by Crippen LogP contribution is -2.42. The molecule has 2 aromatic carbocycles. The number of rotatable bonds is 7. The van der Waals surface area contributed by atoms with Gasteiger partial charge in [0.1, 0.15) is 12.4 Å². The van der Waals surface area contributed by atoms with E-state index >= 15 is 0 Å². The van der Waals surface area contributed by atoms with Crippen molar-refractivity contribution in [2.75, 3.05) is 23.7 Å². The highest BCUT2D eigenvalue weighted by molar-refractivity contribution is 9.10. The Labute approximate surface area is 209 Å². The van der Waals surface area contributed by atoms with Crippen LogP contribution in [0.2, 0.25) is 0 Å². The predicted molar refractivity (Wildman–Crippen MR) is 140 cm³/mol. The topological polar surface area (TPSA) is 79.3 Å². The van der Waals surface area contributed by atoms with Crippen molar-refractivity contribution in [2.45, 2.75) is 40.0 Å². The molecule has 0 saturated heterocycles. The van der Waals surface area contributed by atoms with E-state index in [9.17, 15) is 9.59 Å². The van der Waals surface area contributed by atoms with Gasteiger partial charge in [-0.05, 0) is 46.1 Å². The lowest BCUT2D eigenvalue weighted by Gasteiger charge is -2.24. The summed E-state index contributed by atoms with van der Waals surface area (Å²) in [5.74, 6) is 0.470. The Balaban J connectivity index is 1.81. The number of aromatic nitrogens is 2. The first kappa shape index (κ1) is 25.5. The number of nitrogens with one attached hydrogen (secondary N) is 2. The van der Waals surface area contributed by atoms with Gasteiger partial charge in [-0.25, -0.2) is 9.48 Å². The molecule has 0 atom stereocenters. The molecule has 0 unspecified atom stereocenters. The second kappa shape index (κ2) is 10.9. The van der Waals surface area contributed by atoms with Crippen LogP contribution in [0.1, 0.15) is 40.3 Å². The first-order valence-electron chi connectivity index (χ1n) is 11.3. The molecule has 2 N–H and O–H groups in total. The summed E-state index contributed by atoms with van der Waals surface area (Å²) >= 11 is 3.45. The highest BCUT2D eigenvalue weighted by Crippen LogP contribution is 2.26. The van der Waals surface area contributed by atoms with E-state index in [2.05, 4.69) is 47.3 Å². The fourth-order valence-corrected chi connectivity index (χ4v) is 3.76. The van der Waals surface area contributed by atoms with Gasteiger partial charge in [0.15, 0.2) is 0 Å². The van der Waals surface area contributed by atoms with Crippen molar-refractivity contribution in [2.24, 2.45) is 5.92 Å². The number of para-hydroxylation sites is 2. The molecule has 3 rings (SSSR count). The van der Waals surface area contributed by atoms with E-state index in [-0.39, 0.29) is 29.8 Å². The molecule has 3 aromatic rings. The van der Waals surface area contributed by atoms with E-state index in [1.807, 2.05) is 74.5 Å². The van der Waals surface area contributed by atoms with Gasteiger partial charge >= 0.3 is 6.03 Å². The average Bonchev–Trinajstić information content (AvgIpc) is 3.19. The van der Waals surface area contributed by atoms with E-state index in [1.165, 1.54) is 4.90 Å². The van der Waals surface area contributed by atoms with Crippen LogP contribution in [-0.2, 0) is 10.2 Å². The van der Waals surface area contributed by atoms with Gasteiger partial charge in [0, 0.05) is 22.5 Å². The number of amides is 3. The first-order valence-corrected chi connectivity index (χ1v) is 12.1. The molecule has 0 spiro atoms. The predicted octanol–water partition coefficient (Wildman–Crippen LogP) is 6.06. The number of carbonyl (C=O) groups excluding carboxylic acids is 2. The highest BCUT2D eigenvalue weighted by atomic mass is 79.9. The Morgan fingerprint density at radius 1 is 1.03 bits per heavy atom. The largest absolute Gasteiger partial charge is 0.322 e. The summed E-state index contributed by atoms with van der Waals surface area (Å²) in [6.45, 7) is 10.6. The molecule has 1 heterocycles. The van der Waals surface area contributed by atoms with Crippen LogP contribution in [0.4, 0.5) is 16.3 Å². The second-order valence-corrected chi connectivity index (χ2v) is 10.5. The first-order chi connectivity index (χ1) is 16.0. The van der Waals surface area contributed by atoms with Gasteiger partial charge in [0.25, 0.3) is 0 Å². The molecule has 180 valence electrons. The monoisotopic (exact) mass is 525 g/mol. The van der Waals surface area contributed by atoms with Crippen LogP contribution in [0.5, 0.6) is 0 Å². The minimum atomic E-state index is -0.331. The molecule has 0 aliphatic rings. The van der Waals surface area contributed by atoms with Crippen LogP contribution in [0, 0.1) is 5.92 Å². The van der Waals surface area contributed by atoms with E-state index in [4.69, 9.17) is 5.10 Å². The fraction of sp³-hybridized carbons (Fsp3) is 0.346. The van der Waals surface area contributed by atoms with E-state index < -0.39 is 0 Å². The van der Waals surface area contributed by atoms with Gasteiger partial charge in [-0.2, -0.15) is 5.10 Å². The van der Waals surface area contributed by atoms with Crippen LogP contribution >= 0.6 is 15.9 Å². The van der Waals surface area contributed by atoms with Crippen molar-refractivity contribution < 1.29 is 9.59 Å². The summed E-state index contributed by atoms with van der Waals surface area (Å²) in [7, 11) is 0. The van der Waals surface area contributed by atoms with Crippen LogP contribution in [-0.4, -0.2) is 39.7 Å². The van der Waals surface area contributed by atoms with Crippen molar-refractivity contribution >= 4 is 39.4 Å². The molecular formula is C26H32BrN5O2. The zero-order chi connectivity index (χ0) is 24.9. The van der Waals surface area contributed by atoms with Crippen molar-refractivity contribution in [3.8, 4) is 5.69 Å². The summed E-state index contributed by atoms with van der Waals surface area (Å²) in [5.41, 5.74) is 2.17. The van der Waals surface area contributed by atoms with Crippen molar-refractivity contribution in [3.63, 3.8) is 0 Å². The summed E-state index contributed by atoms with van der Waals surface area (Å²) < 4.78 is 2.51. The Bertz CT molecular complexity index is 1140. The second-order valence-electron chi connectivity index (χ2n) is 9.64. The maximum atomic E-state index is 13.1. The van der Waals surface area contributed by atoms with Crippen molar-refractivity contribution in [3.05, 3.63) is 70.8 Å². The van der Waals surface area contributed by atoms with Gasteiger partial charge in [-0.3, -0.25) is 4.79 Å². The molecule has 1 aromatic heterocycles. The maximum absolute atomic E-state index is 13.1. The molecule has 8 heteroatoms. The molecule has 0 saturated carbocycles. The SMILES string of the molecule is CC(C)CN(CC(=O)Nc1cc(C(C)(C)C)nn1-c1ccccc1)C(=O)Nc1ccccc1Br. The van der Waals surface area contributed by atoms with Gasteiger partial charge in [0.2, 0.25) is 5.91 Å². The summed E-state index contributed by atoms with van der Waals surface area (Å²) in [5, 5.41) is 10.6. The lowest BCUT2D eigenvalue weighted by molar-refractivity contribution is -0.116. The lowest BCUT2D eigenvalue weighted by atomic mass is 9.92. The normalized spacial score (nSPS) is 11.4. The summed E-state index contributed by atoms with van der Waals surface area (Å²) in [4.78, 5) is 27.6. The number of hydrogen-bond acceptors (Lipinski definition) is 3. The summed E-state index contributed by atoms with van der Waals surface area (Å²) in [6.07, 6.45) is 0. The van der Waals surface area contributed by atoms with E-state index in [1.54, 1.807) is 4.68 Å². The van der Waals surface area contributed by atoms with Crippen LogP contribution in [0.25, 0.3) is 5.69 Å². The number of carbonyl (C=O) groups is 2. The number of anilines is 2. The zero-order valence-corrected chi connectivity index (χ0v) is 21.9. The Morgan fingerprint density at radius 2 is 1.68 bits per heavy atom. The average molecular weight is 526 g/mol. The highest BCUT2D eigenvalue weighted by Gasteiger charge is 2.23. The van der Waals surface area contributed by atoms with Gasteiger partial charge in [-0.15, -0.1) is 0 Å². The van der Waals surface area contributed by atoms with Crippen LogP contribution in [0.15, 0.2) is 65.1 Å². The van der Waals surface area contributed by atoms with Gasteiger partial charge in [-0.1, -0.05) is 65.0 Å². The molecule has 0 aliphatic carbocycles. The van der Waals surface area contributed by atoms with E-state index in [0.717, 1.165) is 15.9 Å². The Kier molecular flexibility index (Phi) is 8.15. The molecule has 0 bridgehead atoms. The standard InChI is InChI=1S/C26H32BrN5O2/c1-18(2)16-31(25(34)28-21-14-10-9-13-20(21)27)17-24(33)29-23-15-22(26(3,4)5)30-32(23)19-11-7-6-8-12-19/h6-15,18H,16-17H2,1-5H3,(H,28,34)(H,29,33). The van der Waals surface area contributed by atoms with E-state index in [0.29, 0.717) is 18.1 Å². The third-order valence-corrected chi connectivity index (χ3v) is 5.76. The smallest absolute Gasteiger partial charge is 0.315 e. The summed E-state index contributed by atoms with van der Waals surface area (Å²) in [6, 6.07) is 18.6. The number of hydrogen-bond donors (Lipinski definition) is 2. The minimum Gasteiger partial charge on any atom is -0.315 e. The van der Waals surface area contributed by atoms with Crippen molar-refractivity contribution in [1.82, 2.24) is 14.7 Å². The minimum absolute atomic E-state index is 0.0840. The Morgan fingerprint density at radius 3 is 2.29 bits per heavy atom. The maximum Gasteiger partial charge on any atom is 0.322 e. The van der Waals surface area contributed by atoms with Gasteiger partial charge < -0.3 is 15.5 Å². The number of nitrogens with zero attached hydrogens (tertiary/aromatic N) is 3. The van der Waals surface area contributed by atoms with Crippen LogP contribution in [0.3, 0.4) is 0 Å². The number of halogens is 1. The molecule has 0 aliphatic heterocycles. The zero-order valence-electron chi connectivity index (χ0n) is 20.3. The Hall–Kier alpha value is -3.13. The molecule has 7 nitrogen and oxygen atoms in total. The molecule has 0 fully saturated rings. The van der Waals surface area contributed by atoms with Crippen LogP contribution < -0.4 is 10.6 Å². The molecule has 3 amide bonds. The fourth-order valence-electron chi connectivity index (χ4n) is 3.38. The third-order valence-electron chi connectivity index (χ3n) is 5.07. The number of urea groups is 1. The molecular weight excluding hydrogens is 494 g/mol. The third kappa shape index (κ3) is 6.70.